The number of halogens is 3. The van der Waals surface area contributed by atoms with Crippen molar-refractivity contribution in [3.05, 3.63) is 114 Å². The maximum absolute atomic E-state index is 13.1. The Kier molecular flexibility index (Phi) is 9.88. The van der Waals surface area contributed by atoms with Crippen LogP contribution >= 0.6 is 0 Å². The van der Waals surface area contributed by atoms with Crippen molar-refractivity contribution >= 4 is 39.6 Å². The number of aryl methyl sites for hydroxylation is 1. The van der Waals surface area contributed by atoms with Gasteiger partial charge in [-0.1, -0.05) is 117 Å². The van der Waals surface area contributed by atoms with Gasteiger partial charge in [-0.25, -0.2) is 0 Å². The summed E-state index contributed by atoms with van der Waals surface area (Å²) in [5, 5.41) is 3.62. The lowest BCUT2D eigenvalue weighted by Gasteiger charge is -2.42. The zero-order valence-corrected chi connectivity index (χ0v) is 26.6. The van der Waals surface area contributed by atoms with Gasteiger partial charge in [0.05, 0.1) is 6.61 Å². The van der Waals surface area contributed by atoms with Crippen LogP contribution < -0.4 is 14.6 Å². The minimum Gasteiger partial charge on any atom is -0.404 e. The minimum absolute atomic E-state index is 0.152. The molecular formula is C34H37F3O4SSi. The highest BCUT2D eigenvalue weighted by atomic mass is 32.2. The van der Waals surface area contributed by atoms with Crippen LogP contribution in [0.5, 0.6) is 5.75 Å². The number of hydrogen-bond donors (Lipinski definition) is 0. The van der Waals surface area contributed by atoms with Crippen LogP contribution in [0.3, 0.4) is 0 Å². The summed E-state index contributed by atoms with van der Waals surface area (Å²) in [7, 11) is -8.47. The van der Waals surface area contributed by atoms with E-state index < -0.39 is 23.9 Å². The Labute approximate surface area is 253 Å². The molecule has 4 aromatic rings. The second-order valence-electron chi connectivity index (χ2n) is 11.7. The molecule has 0 amide bonds. The second-order valence-corrected chi connectivity index (χ2v) is 17.5. The maximum Gasteiger partial charge on any atom is 0.534 e. The Balaban J connectivity index is 1.52. The number of fused-ring (bicyclic) bond motifs is 1. The molecule has 0 heterocycles. The SMILES string of the molecule is C/C(=C/CO[Si](c1ccccc1)(c1ccccc1)C(C)(C)C)CCCc1cc2ccccc2cc1OS(=O)(=O)C(F)(F)F. The molecule has 4 nitrogen and oxygen atoms in total. The first-order valence-corrected chi connectivity index (χ1v) is 17.5. The summed E-state index contributed by atoms with van der Waals surface area (Å²) in [6, 6.07) is 30.9. The van der Waals surface area contributed by atoms with E-state index in [0.717, 1.165) is 11.0 Å². The molecule has 4 aromatic carbocycles. The predicted octanol–water partition coefficient (Wildman–Crippen LogP) is 7.91. The van der Waals surface area contributed by atoms with Gasteiger partial charge in [-0.15, -0.1) is 0 Å². The standard InChI is InChI=1S/C34H37F3O4SSi/c1-26(22-23-40-43(33(2,3)4,30-18-7-5-8-19-30)31-20-9-6-10-21-31)14-13-17-29-24-27-15-11-12-16-28(27)25-32(29)41-42(38,39)34(35,36)37/h5-12,15-16,18-22,24-25H,13-14,17,23H2,1-4H3/b26-22-. The van der Waals surface area contributed by atoms with Crippen molar-refractivity contribution in [1.29, 1.82) is 0 Å². The molecule has 0 aliphatic rings. The third kappa shape index (κ3) is 7.40. The average molecular weight is 627 g/mol. The highest BCUT2D eigenvalue weighted by Gasteiger charge is 2.50. The van der Waals surface area contributed by atoms with E-state index in [1.807, 2.05) is 55.5 Å². The Morgan fingerprint density at radius 2 is 1.33 bits per heavy atom. The van der Waals surface area contributed by atoms with Crippen LogP contribution in [0.2, 0.25) is 5.04 Å². The van der Waals surface area contributed by atoms with Crippen molar-refractivity contribution in [3.63, 3.8) is 0 Å². The molecule has 4 rings (SSSR count). The van der Waals surface area contributed by atoms with Gasteiger partial charge in [-0.3, -0.25) is 0 Å². The first-order valence-electron chi connectivity index (χ1n) is 14.2. The zero-order valence-electron chi connectivity index (χ0n) is 24.8. The quantitative estimate of drug-likeness (QED) is 0.0735. The average Bonchev–Trinajstić information content (AvgIpc) is 2.95. The third-order valence-electron chi connectivity index (χ3n) is 7.58. The van der Waals surface area contributed by atoms with Crippen LogP contribution in [0.25, 0.3) is 10.8 Å². The Morgan fingerprint density at radius 3 is 1.84 bits per heavy atom. The molecule has 0 bridgehead atoms. The van der Waals surface area contributed by atoms with Gasteiger partial charge in [-0.2, -0.15) is 21.6 Å². The predicted molar refractivity (Wildman–Crippen MR) is 170 cm³/mol. The fraction of sp³-hybridized carbons (Fsp3) is 0.294. The Morgan fingerprint density at radius 1 is 0.814 bits per heavy atom. The van der Waals surface area contributed by atoms with E-state index in [1.54, 1.807) is 18.2 Å². The van der Waals surface area contributed by atoms with E-state index in [4.69, 9.17) is 4.43 Å². The van der Waals surface area contributed by atoms with Crippen LogP contribution in [-0.4, -0.2) is 28.9 Å². The van der Waals surface area contributed by atoms with Crippen molar-refractivity contribution < 1.29 is 30.2 Å². The fourth-order valence-corrected chi connectivity index (χ4v) is 10.4. The summed E-state index contributed by atoms with van der Waals surface area (Å²) in [6.07, 6.45) is 3.64. The molecule has 0 radical (unpaired) electrons. The van der Waals surface area contributed by atoms with E-state index in [1.165, 1.54) is 16.4 Å². The topological polar surface area (TPSA) is 52.6 Å². The summed E-state index contributed by atoms with van der Waals surface area (Å²) in [6.45, 7) is 9.07. The largest absolute Gasteiger partial charge is 0.534 e. The lowest BCUT2D eigenvalue weighted by atomic mass is 10.0. The highest BCUT2D eigenvalue weighted by Crippen LogP contribution is 2.37. The molecule has 0 unspecified atom stereocenters. The van der Waals surface area contributed by atoms with Crippen LogP contribution in [0.4, 0.5) is 13.2 Å². The molecule has 9 heteroatoms. The van der Waals surface area contributed by atoms with Crippen molar-refractivity contribution in [1.82, 2.24) is 0 Å². The molecule has 0 aliphatic heterocycles. The summed E-state index contributed by atoms with van der Waals surface area (Å²) < 4.78 is 74.4. The van der Waals surface area contributed by atoms with Gasteiger partial charge in [0, 0.05) is 0 Å². The van der Waals surface area contributed by atoms with Crippen molar-refractivity contribution in [2.75, 3.05) is 6.61 Å². The van der Waals surface area contributed by atoms with Crippen LogP contribution in [0.1, 0.15) is 46.1 Å². The van der Waals surface area contributed by atoms with Crippen LogP contribution in [0.15, 0.2) is 109 Å². The molecule has 0 atom stereocenters. The number of rotatable bonds is 11. The first-order chi connectivity index (χ1) is 20.2. The van der Waals surface area contributed by atoms with Crippen molar-refractivity contribution in [3.8, 4) is 5.75 Å². The molecule has 0 spiro atoms. The van der Waals surface area contributed by atoms with E-state index in [0.29, 0.717) is 36.8 Å². The Hall–Kier alpha value is -3.40. The van der Waals surface area contributed by atoms with Crippen molar-refractivity contribution in [2.45, 2.75) is 57.5 Å². The normalized spacial score (nSPS) is 13.3. The molecule has 0 aliphatic carbocycles. The molecule has 228 valence electrons. The van der Waals surface area contributed by atoms with Gasteiger partial charge >= 0.3 is 15.6 Å². The van der Waals surface area contributed by atoms with E-state index in [-0.39, 0.29) is 10.8 Å². The first kappa shape index (κ1) is 32.5. The summed E-state index contributed by atoms with van der Waals surface area (Å²) >= 11 is 0. The second kappa shape index (κ2) is 13.1. The van der Waals surface area contributed by atoms with Gasteiger partial charge in [0.15, 0.2) is 0 Å². The number of hydrogen-bond acceptors (Lipinski definition) is 4. The van der Waals surface area contributed by atoms with Crippen molar-refractivity contribution in [2.24, 2.45) is 0 Å². The van der Waals surface area contributed by atoms with E-state index in [9.17, 15) is 21.6 Å². The van der Waals surface area contributed by atoms with Gasteiger partial charge < -0.3 is 8.61 Å². The minimum atomic E-state index is -5.79. The van der Waals surface area contributed by atoms with Crippen LogP contribution in [-0.2, 0) is 21.0 Å². The van der Waals surface area contributed by atoms with Gasteiger partial charge in [0.2, 0.25) is 0 Å². The monoisotopic (exact) mass is 626 g/mol. The molecular weight excluding hydrogens is 590 g/mol. The van der Waals surface area contributed by atoms with Gasteiger partial charge in [-0.05, 0) is 70.1 Å². The van der Waals surface area contributed by atoms with E-state index in [2.05, 4.69) is 55.3 Å². The number of benzene rings is 4. The third-order valence-corrected chi connectivity index (χ3v) is 13.5. The van der Waals surface area contributed by atoms with Gasteiger partial charge in [0.25, 0.3) is 8.32 Å². The molecule has 0 saturated heterocycles. The maximum atomic E-state index is 13.1. The molecule has 0 aromatic heterocycles. The van der Waals surface area contributed by atoms with Gasteiger partial charge in [0.1, 0.15) is 5.75 Å². The molecule has 0 fully saturated rings. The summed E-state index contributed by atoms with van der Waals surface area (Å²) in [4.78, 5) is 0. The zero-order chi connectivity index (χ0) is 31.3. The molecule has 0 saturated carbocycles. The lowest BCUT2D eigenvalue weighted by molar-refractivity contribution is -0.0500. The highest BCUT2D eigenvalue weighted by molar-refractivity contribution is 7.88. The molecule has 0 N–H and O–H groups in total. The summed E-state index contributed by atoms with van der Waals surface area (Å²) in [5.74, 6) is -0.298. The molecule has 43 heavy (non-hydrogen) atoms. The Bertz CT molecular complexity index is 1620. The fourth-order valence-electron chi connectivity index (χ4n) is 5.44. The smallest absolute Gasteiger partial charge is 0.404 e. The number of allylic oxidation sites excluding steroid dienone is 1. The van der Waals surface area contributed by atoms with Crippen LogP contribution in [0, 0.1) is 0 Å². The lowest BCUT2D eigenvalue weighted by Crippen LogP contribution is -2.66. The summed E-state index contributed by atoms with van der Waals surface area (Å²) in [5.41, 5.74) is -4.03. The number of alkyl halides is 3. The van der Waals surface area contributed by atoms with E-state index >= 15 is 0 Å².